The van der Waals surface area contributed by atoms with Gasteiger partial charge in [0.25, 0.3) is 11.1 Å². The quantitative estimate of drug-likeness (QED) is 0.744. The Morgan fingerprint density at radius 1 is 1.33 bits per heavy atom. The Bertz CT molecular complexity index is 453. The number of rotatable bonds is 3. The summed E-state index contributed by atoms with van der Waals surface area (Å²) in [6.07, 6.45) is 1.72. The van der Waals surface area contributed by atoms with E-state index in [1.165, 1.54) is 11.5 Å². The fourth-order valence-electron chi connectivity index (χ4n) is 1.01. The third kappa shape index (κ3) is 2.60. The molecule has 0 saturated heterocycles. The number of ether oxygens (including phenoxy) is 1. The van der Waals surface area contributed by atoms with E-state index in [9.17, 15) is 0 Å². The van der Waals surface area contributed by atoms with Crippen LogP contribution in [0.5, 0.6) is 5.19 Å². The Kier molecular flexibility index (Phi) is 3.04. The molecule has 2 rings (SSSR count). The van der Waals surface area contributed by atoms with Crippen molar-refractivity contribution in [2.75, 3.05) is 7.11 Å². The van der Waals surface area contributed by atoms with Crippen molar-refractivity contribution in [3.05, 3.63) is 35.9 Å². The first-order valence-corrected chi connectivity index (χ1v) is 5.12. The first-order valence-electron chi connectivity index (χ1n) is 4.35. The van der Waals surface area contributed by atoms with Gasteiger partial charge in [-0.05, 0) is 5.56 Å². The van der Waals surface area contributed by atoms with Crippen molar-refractivity contribution in [3.8, 4) is 5.19 Å². The number of benzene rings is 1. The molecule has 0 N–H and O–H groups in total. The normalized spacial score (nSPS) is 10.7. The second-order valence-electron chi connectivity index (χ2n) is 2.73. The molecule has 0 aliphatic carbocycles. The summed E-state index contributed by atoms with van der Waals surface area (Å²) >= 11 is 1.19. The van der Waals surface area contributed by atoms with Crippen LogP contribution in [0.4, 0.5) is 5.95 Å². The molecular weight excluding hydrogens is 210 g/mol. The van der Waals surface area contributed by atoms with Crippen LogP contribution in [-0.2, 0) is 0 Å². The van der Waals surface area contributed by atoms with Gasteiger partial charge in [0.15, 0.2) is 0 Å². The lowest BCUT2D eigenvalue weighted by Gasteiger charge is -1.88. The molecule has 1 aromatic carbocycles. The van der Waals surface area contributed by atoms with E-state index in [-0.39, 0.29) is 0 Å². The average Bonchev–Trinajstić information content (AvgIpc) is 2.76. The number of hydrogen-bond acceptors (Lipinski definition) is 5. The van der Waals surface area contributed by atoms with Gasteiger partial charge >= 0.3 is 0 Å². The Labute approximate surface area is 91.4 Å². The molecule has 76 valence electrons. The van der Waals surface area contributed by atoms with Crippen LogP contribution >= 0.6 is 11.5 Å². The zero-order valence-electron chi connectivity index (χ0n) is 8.12. The minimum absolute atomic E-state index is 0.431. The summed E-state index contributed by atoms with van der Waals surface area (Å²) in [6, 6.07) is 9.80. The van der Waals surface area contributed by atoms with E-state index in [1.807, 2.05) is 30.3 Å². The van der Waals surface area contributed by atoms with Gasteiger partial charge in [0.05, 0.1) is 7.11 Å². The summed E-state index contributed by atoms with van der Waals surface area (Å²) in [6.45, 7) is 0. The molecule has 0 fully saturated rings. The minimum atomic E-state index is 0.431. The van der Waals surface area contributed by atoms with E-state index in [4.69, 9.17) is 4.74 Å². The van der Waals surface area contributed by atoms with Crippen molar-refractivity contribution in [1.29, 1.82) is 0 Å². The zero-order chi connectivity index (χ0) is 10.5. The van der Waals surface area contributed by atoms with Gasteiger partial charge in [0.1, 0.15) is 0 Å². The molecule has 0 saturated carbocycles. The topological polar surface area (TPSA) is 47.4 Å². The van der Waals surface area contributed by atoms with Crippen LogP contribution in [-0.4, -0.2) is 22.7 Å². The summed E-state index contributed by atoms with van der Waals surface area (Å²) in [5, 5.41) is 0.523. The molecule has 0 spiro atoms. The lowest BCUT2D eigenvalue weighted by Crippen LogP contribution is -1.80. The maximum atomic E-state index is 4.92. The molecule has 0 amide bonds. The summed E-state index contributed by atoms with van der Waals surface area (Å²) < 4.78 is 8.93. The molecule has 0 aliphatic rings. The summed E-state index contributed by atoms with van der Waals surface area (Å²) in [5.41, 5.74) is 1.02. The van der Waals surface area contributed by atoms with E-state index < -0.39 is 0 Å². The van der Waals surface area contributed by atoms with Crippen molar-refractivity contribution in [2.24, 2.45) is 4.99 Å². The molecule has 2 aromatic rings. The number of methoxy groups -OCH3 is 1. The minimum Gasteiger partial charge on any atom is -0.472 e. The second-order valence-corrected chi connectivity index (χ2v) is 3.45. The molecule has 0 bridgehead atoms. The highest BCUT2D eigenvalue weighted by molar-refractivity contribution is 7.07. The number of aliphatic imine (C=N–C) groups is 1. The van der Waals surface area contributed by atoms with Crippen molar-refractivity contribution in [3.63, 3.8) is 0 Å². The molecule has 0 radical (unpaired) electrons. The Balaban J connectivity index is 2.11. The maximum Gasteiger partial charge on any atom is 0.294 e. The van der Waals surface area contributed by atoms with Crippen LogP contribution < -0.4 is 4.74 Å². The molecule has 4 nitrogen and oxygen atoms in total. The summed E-state index contributed by atoms with van der Waals surface area (Å²) in [4.78, 5) is 8.16. The van der Waals surface area contributed by atoms with Gasteiger partial charge in [-0.3, -0.25) is 0 Å². The molecule has 0 unspecified atom stereocenters. The largest absolute Gasteiger partial charge is 0.472 e. The van der Waals surface area contributed by atoms with E-state index in [0.717, 1.165) is 5.56 Å². The summed E-state index contributed by atoms with van der Waals surface area (Å²) in [7, 11) is 1.56. The third-order valence-corrected chi connectivity index (χ3v) is 2.37. The van der Waals surface area contributed by atoms with Crippen LogP contribution in [0.2, 0.25) is 0 Å². The fraction of sp³-hybridized carbons (Fsp3) is 0.100. The molecule has 5 heteroatoms. The van der Waals surface area contributed by atoms with E-state index in [2.05, 4.69) is 14.3 Å². The van der Waals surface area contributed by atoms with Crippen LogP contribution in [0.3, 0.4) is 0 Å². The first-order chi connectivity index (χ1) is 7.38. The predicted molar refractivity (Wildman–Crippen MR) is 60.2 cm³/mol. The SMILES string of the molecule is COc1nc(/N=C/c2ccccc2)ns1. The van der Waals surface area contributed by atoms with E-state index >= 15 is 0 Å². The maximum absolute atomic E-state index is 4.92. The average molecular weight is 219 g/mol. The monoisotopic (exact) mass is 219 g/mol. The highest BCUT2D eigenvalue weighted by Crippen LogP contribution is 2.17. The first kappa shape index (κ1) is 9.79. The number of hydrogen-bond donors (Lipinski definition) is 0. The molecule has 1 heterocycles. The highest BCUT2D eigenvalue weighted by atomic mass is 32.1. The molecule has 15 heavy (non-hydrogen) atoms. The van der Waals surface area contributed by atoms with Crippen molar-refractivity contribution in [2.45, 2.75) is 0 Å². The van der Waals surface area contributed by atoms with Gasteiger partial charge in [0.2, 0.25) is 0 Å². The van der Waals surface area contributed by atoms with Crippen LogP contribution in [0.1, 0.15) is 5.56 Å². The van der Waals surface area contributed by atoms with Gasteiger partial charge in [-0.1, -0.05) is 30.3 Å². The molecule has 0 atom stereocenters. The van der Waals surface area contributed by atoms with Gasteiger partial charge < -0.3 is 4.74 Å². The smallest absolute Gasteiger partial charge is 0.294 e. The molecule has 0 aliphatic heterocycles. The lowest BCUT2D eigenvalue weighted by atomic mass is 10.2. The van der Waals surface area contributed by atoms with Crippen molar-refractivity contribution >= 4 is 23.7 Å². The van der Waals surface area contributed by atoms with E-state index in [0.29, 0.717) is 11.1 Å². The Hall–Kier alpha value is -1.75. The Morgan fingerprint density at radius 3 is 2.80 bits per heavy atom. The zero-order valence-corrected chi connectivity index (χ0v) is 8.94. The van der Waals surface area contributed by atoms with E-state index in [1.54, 1.807) is 13.3 Å². The highest BCUT2D eigenvalue weighted by Gasteiger charge is 1.99. The summed E-state index contributed by atoms with van der Waals surface area (Å²) in [5.74, 6) is 0.431. The molecule has 1 aromatic heterocycles. The second kappa shape index (κ2) is 4.65. The lowest BCUT2D eigenvalue weighted by molar-refractivity contribution is 0.412. The van der Waals surface area contributed by atoms with Crippen molar-refractivity contribution < 1.29 is 4.74 Å². The van der Waals surface area contributed by atoms with Crippen LogP contribution in [0.25, 0.3) is 0 Å². The predicted octanol–water partition coefficient (Wildman–Crippen LogP) is 2.30. The number of aromatic nitrogens is 2. The van der Waals surface area contributed by atoms with Gasteiger partial charge in [-0.15, -0.1) is 4.37 Å². The van der Waals surface area contributed by atoms with Crippen molar-refractivity contribution in [1.82, 2.24) is 9.36 Å². The van der Waals surface area contributed by atoms with Gasteiger partial charge in [0, 0.05) is 17.7 Å². The molecular formula is C10H9N3OS. The van der Waals surface area contributed by atoms with Crippen LogP contribution in [0.15, 0.2) is 35.3 Å². The third-order valence-electron chi connectivity index (χ3n) is 1.70. The van der Waals surface area contributed by atoms with Crippen LogP contribution in [0, 0.1) is 0 Å². The number of nitrogens with zero attached hydrogens (tertiary/aromatic N) is 3. The Morgan fingerprint density at radius 2 is 2.13 bits per heavy atom. The standard InChI is InChI=1S/C10H9N3OS/c1-14-10-12-9(13-15-10)11-7-8-5-3-2-4-6-8/h2-7H,1H3/b11-7+. The fourth-order valence-corrected chi connectivity index (χ4v) is 1.45. The van der Waals surface area contributed by atoms with Gasteiger partial charge in [-0.25, -0.2) is 4.99 Å². The van der Waals surface area contributed by atoms with Gasteiger partial charge in [-0.2, -0.15) is 4.98 Å².